The van der Waals surface area contributed by atoms with E-state index in [0.29, 0.717) is 36.3 Å². The molecule has 34 heavy (non-hydrogen) atoms. The van der Waals surface area contributed by atoms with Crippen molar-refractivity contribution in [1.29, 1.82) is 0 Å². The molecule has 1 aromatic rings. The van der Waals surface area contributed by atoms with Crippen LogP contribution in [0.25, 0.3) is 0 Å². The van der Waals surface area contributed by atoms with Gasteiger partial charge in [0.1, 0.15) is 11.9 Å². The van der Waals surface area contributed by atoms with Gasteiger partial charge in [0.05, 0.1) is 17.8 Å². The smallest absolute Gasteiger partial charge is 0.495 e. The number of carbonyl (C=O) groups is 1. The lowest BCUT2D eigenvalue weighted by atomic mass is 9.79. The van der Waals surface area contributed by atoms with Crippen molar-refractivity contribution >= 4 is 29.9 Å². The van der Waals surface area contributed by atoms with Gasteiger partial charge in [-0.15, -0.1) is 0 Å². The van der Waals surface area contributed by atoms with Crippen molar-refractivity contribution in [3.8, 4) is 5.75 Å². The summed E-state index contributed by atoms with van der Waals surface area (Å²) >= 11 is -1.21. The molecule has 0 radical (unpaired) electrons. The van der Waals surface area contributed by atoms with Crippen LogP contribution in [-0.4, -0.2) is 65.4 Å². The molecule has 0 N–H and O–H groups in total. The average Bonchev–Trinajstić information content (AvgIpc) is 2.94. The Balaban J connectivity index is 1.53. The molecular weight excluding hydrogens is 453 g/mol. The van der Waals surface area contributed by atoms with Gasteiger partial charge >= 0.3 is 13.2 Å². The number of rotatable bonds is 6. The summed E-state index contributed by atoms with van der Waals surface area (Å²) < 4.78 is 36.3. The van der Waals surface area contributed by atoms with Crippen LogP contribution in [0.2, 0.25) is 0 Å². The van der Waals surface area contributed by atoms with Gasteiger partial charge in [0.2, 0.25) is 0 Å². The van der Waals surface area contributed by atoms with Gasteiger partial charge in [-0.25, -0.2) is 4.79 Å². The Labute approximate surface area is 208 Å². The van der Waals surface area contributed by atoms with E-state index in [1.807, 2.05) is 66.7 Å². The Morgan fingerprint density at radius 1 is 1.18 bits per heavy atom. The van der Waals surface area contributed by atoms with Crippen LogP contribution in [-0.2, 0) is 25.2 Å². The third-order valence-corrected chi connectivity index (χ3v) is 7.79. The SMILES string of the molecule is C[S+]([O-])c1cc(B2OC(C)(C)C(C)(C)O2)ccc1OCCC1CCN(C(=O)OC(C)(C)C)CC1. The summed E-state index contributed by atoms with van der Waals surface area (Å²) in [5, 5.41) is 0. The summed E-state index contributed by atoms with van der Waals surface area (Å²) in [6.45, 7) is 15.7. The van der Waals surface area contributed by atoms with E-state index in [2.05, 4.69) is 0 Å². The fourth-order valence-corrected chi connectivity index (χ4v) is 4.77. The molecule has 0 aliphatic carbocycles. The first-order valence-electron chi connectivity index (χ1n) is 12.1. The van der Waals surface area contributed by atoms with E-state index < -0.39 is 35.1 Å². The molecule has 1 atom stereocenters. The summed E-state index contributed by atoms with van der Waals surface area (Å²) in [7, 11) is -0.503. The standard InChI is InChI=1S/C25H40BNO6S/c1-23(2,3)31-22(28)27-14-11-18(12-15-27)13-16-30-20-10-9-19(17-21(20)34(8)29)26-32-24(4,5)25(6,7)33-26/h9-10,17-18H,11-16H2,1-8H3. The Morgan fingerprint density at radius 2 is 1.76 bits per heavy atom. The highest BCUT2D eigenvalue weighted by molar-refractivity contribution is 7.90. The minimum atomic E-state index is -1.21. The number of hydrogen-bond acceptors (Lipinski definition) is 6. The minimum absolute atomic E-state index is 0.237. The fraction of sp³-hybridized carbons (Fsp3) is 0.720. The number of carbonyl (C=O) groups excluding carboxylic acids is 1. The normalized spacial score (nSPS) is 21.4. The lowest BCUT2D eigenvalue weighted by Gasteiger charge is -2.33. The van der Waals surface area contributed by atoms with Crippen LogP contribution in [0.15, 0.2) is 23.1 Å². The van der Waals surface area contributed by atoms with Crippen LogP contribution in [0.5, 0.6) is 5.75 Å². The molecule has 9 heteroatoms. The molecule has 2 heterocycles. The summed E-state index contributed by atoms with van der Waals surface area (Å²) in [5.41, 5.74) is -0.503. The molecule has 7 nitrogen and oxygen atoms in total. The van der Waals surface area contributed by atoms with Gasteiger partial charge in [-0.2, -0.15) is 0 Å². The molecule has 0 bridgehead atoms. The number of ether oxygens (including phenoxy) is 2. The predicted octanol–water partition coefficient (Wildman–Crippen LogP) is 4.14. The van der Waals surface area contributed by atoms with Gasteiger partial charge < -0.3 is 28.2 Å². The molecular formula is C25H40BNO6S. The molecule has 2 aliphatic rings. The van der Waals surface area contributed by atoms with Gasteiger partial charge in [0.25, 0.3) is 0 Å². The maximum atomic E-state index is 12.5. The molecule has 1 unspecified atom stereocenters. The van der Waals surface area contributed by atoms with E-state index in [9.17, 15) is 9.35 Å². The Kier molecular flexibility index (Phi) is 8.22. The zero-order chi connectivity index (χ0) is 25.3. The van der Waals surface area contributed by atoms with E-state index in [-0.39, 0.29) is 6.09 Å². The fourth-order valence-electron chi connectivity index (χ4n) is 4.06. The molecule has 0 aromatic heterocycles. The van der Waals surface area contributed by atoms with E-state index in [1.54, 1.807) is 11.2 Å². The largest absolute Gasteiger partial charge is 0.612 e. The quantitative estimate of drug-likeness (QED) is 0.438. The molecule has 3 rings (SSSR count). The second-order valence-corrected chi connectivity index (χ2v) is 12.6. The molecule has 0 spiro atoms. The van der Waals surface area contributed by atoms with E-state index in [0.717, 1.165) is 24.7 Å². The molecule has 2 aliphatic heterocycles. The van der Waals surface area contributed by atoms with Gasteiger partial charge in [0.15, 0.2) is 10.6 Å². The van der Waals surface area contributed by atoms with Crippen molar-refractivity contribution in [2.24, 2.45) is 5.92 Å². The summed E-state index contributed by atoms with van der Waals surface area (Å²) in [6.07, 6.45) is 4.16. The Morgan fingerprint density at radius 3 is 2.29 bits per heavy atom. The number of amides is 1. The summed E-state index contributed by atoms with van der Waals surface area (Å²) in [4.78, 5) is 14.7. The summed E-state index contributed by atoms with van der Waals surface area (Å²) in [5.74, 6) is 1.12. The molecule has 0 saturated carbocycles. The van der Waals surface area contributed by atoms with Crippen LogP contribution in [0.3, 0.4) is 0 Å². The number of nitrogens with zero attached hydrogens (tertiary/aromatic N) is 1. The third kappa shape index (κ3) is 6.62. The zero-order valence-electron chi connectivity index (χ0n) is 21.9. The van der Waals surface area contributed by atoms with Crippen molar-refractivity contribution in [3.05, 3.63) is 18.2 Å². The van der Waals surface area contributed by atoms with Crippen molar-refractivity contribution in [2.45, 2.75) is 89.4 Å². The highest BCUT2D eigenvalue weighted by Crippen LogP contribution is 2.37. The second-order valence-electron chi connectivity index (χ2n) is 11.3. The third-order valence-electron chi connectivity index (χ3n) is 6.85. The van der Waals surface area contributed by atoms with Crippen molar-refractivity contribution in [1.82, 2.24) is 4.90 Å². The van der Waals surface area contributed by atoms with Crippen LogP contribution < -0.4 is 10.2 Å². The predicted molar refractivity (Wildman–Crippen MR) is 135 cm³/mol. The monoisotopic (exact) mass is 493 g/mol. The van der Waals surface area contributed by atoms with Gasteiger partial charge in [-0.1, -0.05) is 6.07 Å². The number of benzene rings is 1. The lowest BCUT2D eigenvalue weighted by Crippen LogP contribution is -2.41. The first-order valence-corrected chi connectivity index (χ1v) is 13.7. The molecule has 2 saturated heterocycles. The van der Waals surface area contributed by atoms with E-state index in [1.165, 1.54) is 0 Å². The van der Waals surface area contributed by atoms with Crippen molar-refractivity contribution < 1.29 is 28.1 Å². The highest BCUT2D eigenvalue weighted by atomic mass is 32.2. The van der Waals surface area contributed by atoms with E-state index in [4.69, 9.17) is 18.8 Å². The first kappa shape index (κ1) is 27.2. The van der Waals surface area contributed by atoms with Crippen molar-refractivity contribution in [3.63, 3.8) is 0 Å². The van der Waals surface area contributed by atoms with Crippen LogP contribution in [0.1, 0.15) is 67.7 Å². The number of piperidine rings is 1. The maximum Gasteiger partial charge on any atom is 0.495 e. The van der Waals surface area contributed by atoms with Crippen molar-refractivity contribution in [2.75, 3.05) is 26.0 Å². The second kappa shape index (κ2) is 10.3. The lowest BCUT2D eigenvalue weighted by molar-refractivity contribution is 0.00578. The molecule has 190 valence electrons. The molecule has 1 amide bonds. The van der Waals surface area contributed by atoms with Gasteiger partial charge in [-0.3, -0.25) is 0 Å². The van der Waals surface area contributed by atoms with Crippen LogP contribution in [0, 0.1) is 5.92 Å². The van der Waals surface area contributed by atoms with E-state index >= 15 is 0 Å². The Hall–Kier alpha value is -1.42. The molecule has 2 fully saturated rings. The highest BCUT2D eigenvalue weighted by Gasteiger charge is 2.52. The number of likely N-dealkylation sites (tertiary alicyclic amines) is 1. The minimum Gasteiger partial charge on any atom is -0.612 e. The van der Waals surface area contributed by atoms with Gasteiger partial charge in [0, 0.05) is 13.1 Å². The maximum absolute atomic E-state index is 12.5. The number of hydrogen-bond donors (Lipinski definition) is 0. The van der Waals surface area contributed by atoms with Crippen LogP contribution >= 0.6 is 0 Å². The first-order chi connectivity index (χ1) is 15.7. The average molecular weight is 493 g/mol. The molecule has 1 aromatic carbocycles. The topological polar surface area (TPSA) is 80.3 Å². The zero-order valence-corrected chi connectivity index (χ0v) is 22.8. The Bertz CT molecular complexity index is 845. The summed E-state index contributed by atoms with van der Waals surface area (Å²) in [6, 6.07) is 5.66. The van der Waals surface area contributed by atoms with Crippen LogP contribution in [0.4, 0.5) is 4.79 Å². The van der Waals surface area contributed by atoms with Gasteiger partial charge in [-0.05, 0) is 102 Å².